The van der Waals surface area contributed by atoms with E-state index in [0.29, 0.717) is 17.2 Å². The number of thiophene rings is 1. The Morgan fingerprint density at radius 1 is 1.00 bits per heavy atom. The summed E-state index contributed by atoms with van der Waals surface area (Å²) in [4.78, 5) is 14.3. The van der Waals surface area contributed by atoms with Crippen molar-refractivity contribution in [3.05, 3.63) is 71.6 Å². The summed E-state index contributed by atoms with van der Waals surface area (Å²) in [5, 5.41) is 2.82. The smallest absolute Gasteiger partial charge is 0.248 e. The summed E-state index contributed by atoms with van der Waals surface area (Å²) in [6, 6.07) is 19.6. The number of hydrogen-bond donors (Lipinski definition) is 1. The van der Waals surface area contributed by atoms with E-state index in [1.165, 1.54) is 16.5 Å². The van der Waals surface area contributed by atoms with E-state index in [4.69, 9.17) is 9.47 Å². The average Bonchev–Trinajstić information content (AvgIpc) is 3.30. The lowest BCUT2D eigenvalue weighted by Crippen LogP contribution is -2.07. The number of carbonyl (C=O) groups is 1. The summed E-state index contributed by atoms with van der Waals surface area (Å²) < 4.78 is 10.6. The van der Waals surface area contributed by atoms with Crippen molar-refractivity contribution in [2.24, 2.45) is 0 Å². The first-order chi connectivity index (χ1) is 12.3. The van der Waals surface area contributed by atoms with Gasteiger partial charge in [0.2, 0.25) is 12.7 Å². The maximum atomic E-state index is 12.1. The fraction of sp³-hybridized carbons (Fsp3) is 0.0500. The highest BCUT2D eigenvalue weighted by Crippen LogP contribution is 2.34. The van der Waals surface area contributed by atoms with E-state index in [9.17, 15) is 4.79 Å². The molecule has 1 amide bonds. The van der Waals surface area contributed by atoms with E-state index in [1.807, 2.05) is 30.3 Å². The predicted octanol–water partition coefficient (Wildman–Crippen LogP) is 4.80. The Balaban J connectivity index is 1.42. The van der Waals surface area contributed by atoms with Crippen molar-refractivity contribution in [3.63, 3.8) is 0 Å². The first-order valence-electron chi connectivity index (χ1n) is 7.82. The predicted molar refractivity (Wildman–Crippen MR) is 100.0 cm³/mol. The molecule has 5 heteroatoms. The standard InChI is InChI=1S/C20H15NO3S/c22-20(21-15-6-9-17-18(12-15)24-13-23-17)11-8-16-7-10-19(25-16)14-4-2-1-3-5-14/h1-12H,13H2,(H,21,22)/b11-8+. The van der Waals surface area contributed by atoms with Gasteiger partial charge in [0.05, 0.1) is 0 Å². The Labute approximate surface area is 149 Å². The molecule has 4 rings (SSSR count). The van der Waals surface area contributed by atoms with Gasteiger partial charge in [-0.15, -0.1) is 11.3 Å². The van der Waals surface area contributed by atoms with Gasteiger partial charge in [0.1, 0.15) is 0 Å². The van der Waals surface area contributed by atoms with Crippen molar-refractivity contribution >= 4 is 29.0 Å². The van der Waals surface area contributed by atoms with Crippen LogP contribution in [0.4, 0.5) is 5.69 Å². The van der Waals surface area contributed by atoms with Crippen LogP contribution in [0.5, 0.6) is 11.5 Å². The van der Waals surface area contributed by atoms with E-state index in [-0.39, 0.29) is 12.7 Å². The van der Waals surface area contributed by atoms with Crippen LogP contribution in [0.2, 0.25) is 0 Å². The van der Waals surface area contributed by atoms with E-state index in [1.54, 1.807) is 29.5 Å². The zero-order valence-corrected chi connectivity index (χ0v) is 14.1. The topological polar surface area (TPSA) is 47.6 Å². The van der Waals surface area contributed by atoms with Gasteiger partial charge < -0.3 is 14.8 Å². The number of nitrogens with one attached hydrogen (secondary N) is 1. The van der Waals surface area contributed by atoms with Crippen molar-refractivity contribution < 1.29 is 14.3 Å². The molecule has 124 valence electrons. The summed E-state index contributed by atoms with van der Waals surface area (Å²) in [7, 11) is 0. The lowest BCUT2D eigenvalue weighted by molar-refractivity contribution is -0.111. The second-order valence-electron chi connectivity index (χ2n) is 5.46. The van der Waals surface area contributed by atoms with Crippen LogP contribution in [0.15, 0.2) is 66.7 Å². The highest BCUT2D eigenvalue weighted by Gasteiger charge is 2.13. The van der Waals surface area contributed by atoms with Gasteiger partial charge in [-0.25, -0.2) is 0 Å². The lowest BCUT2D eigenvalue weighted by Gasteiger charge is -2.03. The third-order valence-corrected chi connectivity index (χ3v) is 4.82. The van der Waals surface area contributed by atoms with Gasteiger partial charge >= 0.3 is 0 Å². The van der Waals surface area contributed by atoms with Crippen LogP contribution >= 0.6 is 11.3 Å². The van der Waals surface area contributed by atoms with Crippen LogP contribution in [0.3, 0.4) is 0 Å². The molecule has 0 radical (unpaired) electrons. The second-order valence-corrected chi connectivity index (χ2v) is 6.57. The molecule has 25 heavy (non-hydrogen) atoms. The van der Waals surface area contributed by atoms with Gasteiger partial charge in [0.15, 0.2) is 11.5 Å². The average molecular weight is 349 g/mol. The van der Waals surface area contributed by atoms with E-state index >= 15 is 0 Å². The molecule has 2 aromatic carbocycles. The Kier molecular flexibility index (Phi) is 4.23. The summed E-state index contributed by atoms with van der Waals surface area (Å²) in [6.45, 7) is 0.217. The monoisotopic (exact) mass is 349 g/mol. The molecular weight excluding hydrogens is 334 g/mol. The zero-order valence-electron chi connectivity index (χ0n) is 13.3. The van der Waals surface area contributed by atoms with Crippen molar-refractivity contribution in [1.29, 1.82) is 0 Å². The Morgan fingerprint density at radius 3 is 2.72 bits per heavy atom. The first-order valence-corrected chi connectivity index (χ1v) is 8.63. The van der Waals surface area contributed by atoms with Crippen molar-refractivity contribution in [1.82, 2.24) is 0 Å². The number of carbonyl (C=O) groups excluding carboxylic acids is 1. The van der Waals surface area contributed by atoms with Crippen LogP contribution in [0.1, 0.15) is 4.88 Å². The zero-order chi connectivity index (χ0) is 17.1. The second kappa shape index (κ2) is 6.83. The molecule has 3 aromatic rings. The molecule has 0 aliphatic carbocycles. The van der Waals surface area contributed by atoms with Gasteiger partial charge in [-0.3, -0.25) is 4.79 Å². The van der Waals surface area contributed by atoms with Gasteiger partial charge in [-0.2, -0.15) is 0 Å². The van der Waals surface area contributed by atoms with E-state index in [2.05, 4.69) is 23.5 Å². The van der Waals surface area contributed by atoms with Crippen LogP contribution in [-0.2, 0) is 4.79 Å². The number of fused-ring (bicyclic) bond motifs is 1. The quantitative estimate of drug-likeness (QED) is 0.689. The minimum Gasteiger partial charge on any atom is -0.454 e. The van der Waals surface area contributed by atoms with Crippen LogP contribution in [0, 0.1) is 0 Å². The number of benzene rings is 2. The number of rotatable bonds is 4. The third-order valence-electron chi connectivity index (χ3n) is 3.72. The van der Waals surface area contributed by atoms with Crippen LogP contribution in [0.25, 0.3) is 16.5 Å². The summed E-state index contributed by atoms with van der Waals surface area (Å²) in [5.41, 5.74) is 1.85. The Bertz CT molecular complexity index is 931. The van der Waals surface area contributed by atoms with Gasteiger partial charge in [0.25, 0.3) is 0 Å². The molecule has 1 aromatic heterocycles. The molecule has 0 spiro atoms. The maximum absolute atomic E-state index is 12.1. The number of hydrogen-bond acceptors (Lipinski definition) is 4. The fourth-order valence-electron chi connectivity index (χ4n) is 2.52. The first kappa shape index (κ1) is 15.5. The Morgan fingerprint density at radius 2 is 1.84 bits per heavy atom. The van der Waals surface area contributed by atoms with Gasteiger partial charge in [-0.05, 0) is 35.9 Å². The van der Waals surface area contributed by atoms with Crippen molar-refractivity contribution in [2.75, 3.05) is 12.1 Å². The summed E-state index contributed by atoms with van der Waals surface area (Å²) in [5.74, 6) is 1.15. The molecule has 1 N–H and O–H groups in total. The molecule has 0 bridgehead atoms. The fourth-order valence-corrected chi connectivity index (χ4v) is 3.43. The lowest BCUT2D eigenvalue weighted by atomic mass is 10.2. The van der Waals surface area contributed by atoms with E-state index in [0.717, 1.165) is 4.88 Å². The van der Waals surface area contributed by atoms with Gasteiger partial charge in [0, 0.05) is 27.6 Å². The normalized spacial score (nSPS) is 12.5. The highest BCUT2D eigenvalue weighted by molar-refractivity contribution is 7.16. The molecule has 0 unspecified atom stereocenters. The molecule has 0 atom stereocenters. The maximum Gasteiger partial charge on any atom is 0.248 e. The molecular formula is C20H15NO3S. The molecule has 0 saturated carbocycles. The molecule has 0 saturated heterocycles. The SMILES string of the molecule is O=C(/C=C/c1ccc(-c2ccccc2)s1)Nc1ccc2c(c1)OCO2. The van der Waals surface area contributed by atoms with Crippen molar-refractivity contribution in [3.8, 4) is 21.9 Å². The number of amides is 1. The molecule has 4 nitrogen and oxygen atoms in total. The third kappa shape index (κ3) is 3.56. The highest BCUT2D eigenvalue weighted by atomic mass is 32.1. The molecule has 0 fully saturated rings. The molecule has 2 heterocycles. The number of anilines is 1. The molecule has 1 aliphatic rings. The largest absolute Gasteiger partial charge is 0.454 e. The molecule has 1 aliphatic heterocycles. The van der Waals surface area contributed by atoms with Crippen LogP contribution in [-0.4, -0.2) is 12.7 Å². The minimum atomic E-state index is -0.187. The summed E-state index contributed by atoms with van der Waals surface area (Å²) in [6.07, 6.45) is 3.35. The number of ether oxygens (including phenoxy) is 2. The Hall–Kier alpha value is -3.05. The van der Waals surface area contributed by atoms with Crippen molar-refractivity contribution in [2.45, 2.75) is 0 Å². The van der Waals surface area contributed by atoms with E-state index < -0.39 is 0 Å². The van der Waals surface area contributed by atoms with Gasteiger partial charge in [-0.1, -0.05) is 30.3 Å². The minimum absolute atomic E-state index is 0.187. The summed E-state index contributed by atoms with van der Waals surface area (Å²) >= 11 is 1.65. The van der Waals surface area contributed by atoms with Crippen LogP contribution < -0.4 is 14.8 Å².